The van der Waals surface area contributed by atoms with Crippen LogP contribution in [0.5, 0.6) is 0 Å². The summed E-state index contributed by atoms with van der Waals surface area (Å²) in [7, 11) is 0. The van der Waals surface area contributed by atoms with Crippen molar-refractivity contribution in [2.45, 2.75) is 20.3 Å². The lowest BCUT2D eigenvalue weighted by Gasteiger charge is -2.13. The van der Waals surface area contributed by atoms with Crippen molar-refractivity contribution in [3.05, 3.63) is 103 Å². The maximum absolute atomic E-state index is 3.51. The molecule has 1 heterocycles. The van der Waals surface area contributed by atoms with Crippen LogP contribution in [0.2, 0.25) is 0 Å². The van der Waals surface area contributed by atoms with Crippen LogP contribution in [0, 0.1) is 5.92 Å². The topological polar surface area (TPSA) is 17.0 Å². The maximum atomic E-state index is 3.51. The van der Waals surface area contributed by atoms with Crippen molar-refractivity contribution in [1.82, 2.24) is 4.57 Å². The molecule has 0 amide bonds. The molecule has 0 aliphatic rings. The molecule has 0 radical (unpaired) electrons. The van der Waals surface area contributed by atoms with Gasteiger partial charge in [0.2, 0.25) is 0 Å². The Labute approximate surface area is 167 Å². The van der Waals surface area contributed by atoms with Gasteiger partial charge in [0, 0.05) is 28.1 Å². The van der Waals surface area contributed by atoms with Gasteiger partial charge in [-0.3, -0.25) is 0 Å². The summed E-state index contributed by atoms with van der Waals surface area (Å²) < 4.78 is 2.39. The summed E-state index contributed by atoms with van der Waals surface area (Å²) in [6.07, 6.45) is 5.42. The van der Waals surface area contributed by atoms with Gasteiger partial charge in [-0.05, 0) is 67.8 Å². The quantitative estimate of drug-likeness (QED) is 0.359. The molecule has 2 heteroatoms. The van der Waals surface area contributed by atoms with E-state index < -0.39 is 0 Å². The largest absolute Gasteiger partial charge is 0.356 e. The molecule has 1 aromatic heterocycles. The van der Waals surface area contributed by atoms with Crippen LogP contribution < -0.4 is 5.32 Å². The highest BCUT2D eigenvalue weighted by Crippen LogP contribution is 2.29. The van der Waals surface area contributed by atoms with Crippen LogP contribution in [0.15, 0.2) is 97.1 Å². The van der Waals surface area contributed by atoms with E-state index in [1.165, 1.54) is 22.3 Å². The first kappa shape index (κ1) is 18.1. The fourth-order valence-corrected chi connectivity index (χ4v) is 3.80. The van der Waals surface area contributed by atoms with E-state index in [4.69, 9.17) is 0 Å². The molecule has 4 aromatic rings. The summed E-state index contributed by atoms with van der Waals surface area (Å²) in [6.45, 7) is 4.36. The summed E-state index contributed by atoms with van der Waals surface area (Å²) in [4.78, 5) is 0. The molecule has 0 saturated carbocycles. The van der Waals surface area contributed by atoms with Gasteiger partial charge in [0.25, 0.3) is 0 Å². The highest BCUT2D eigenvalue weighted by molar-refractivity contribution is 5.87. The Morgan fingerprint density at radius 3 is 2.29 bits per heavy atom. The van der Waals surface area contributed by atoms with E-state index >= 15 is 0 Å². The van der Waals surface area contributed by atoms with Crippen molar-refractivity contribution < 1.29 is 0 Å². The Balaban J connectivity index is 1.77. The summed E-state index contributed by atoms with van der Waals surface area (Å²) in [6, 6.07) is 29.9. The molecule has 3 aromatic carbocycles. The normalized spacial score (nSPS) is 12.5. The molecular weight excluding hydrogens is 340 g/mol. The number of nitrogens with zero attached hydrogens (tertiary/aromatic N) is 1. The van der Waals surface area contributed by atoms with Gasteiger partial charge in [0.15, 0.2) is 0 Å². The van der Waals surface area contributed by atoms with Gasteiger partial charge in [0.05, 0.1) is 5.52 Å². The van der Waals surface area contributed by atoms with Gasteiger partial charge in [-0.2, -0.15) is 0 Å². The molecule has 28 heavy (non-hydrogen) atoms. The third-order valence-electron chi connectivity index (χ3n) is 5.01. The molecule has 140 valence electrons. The van der Waals surface area contributed by atoms with Gasteiger partial charge >= 0.3 is 0 Å². The zero-order valence-corrected chi connectivity index (χ0v) is 16.5. The zero-order valence-electron chi connectivity index (χ0n) is 16.5. The molecule has 0 spiro atoms. The van der Waals surface area contributed by atoms with Gasteiger partial charge in [-0.25, -0.2) is 0 Å². The maximum Gasteiger partial charge on any atom is 0.0532 e. The lowest BCUT2D eigenvalue weighted by Crippen LogP contribution is -2.04. The molecule has 0 fully saturated rings. The van der Waals surface area contributed by atoms with E-state index in [1.807, 2.05) is 18.2 Å². The highest BCUT2D eigenvalue weighted by Gasteiger charge is 2.13. The molecule has 0 aliphatic carbocycles. The molecule has 2 nitrogen and oxygen atoms in total. The van der Waals surface area contributed by atoms with Gasteiger partial charge in [-0.15, -0.1) is 0 Å². The molecule has 0 aliphatic heterocycles. The average Bonchev–Trinajstić information content (AvgIpc) is 3.06. The standard InChI is InChI=1S/C26H26N2/c1-3-10-20(2)17-25-19-21-18-23(27-22-11-6-4-7-12-22)15-16-26(21)28(25)24-13-8-5-9-14-24/h3-16,18-20,27H,17H2,1-2H3/b10-3-. The van der Waals surface area contributed by atoms with E-state index in [0.29, 0.717) is 5.92 Å². The minimum absolute atomic E-state index is 0.499. The molecular formula is C26H26N2. The van der Waals surface area contributed by atoms with Crippen molar-refractivity contribution in [3.63, 3.8) is 0 Å². The second kappa shape index (κ2) is 8.18. The number of rotatable bonds is 6. The smallest absolute Gasteiger partial charge is 0.0532 e. The average molecular weight is 367 g/mol. The number of para-hydroxylation sites is 2. The Hall–Kier alpha value is -3.26. The van der Waals surface area contributed by atoms with Crippen molar-refractivity contribution in [2.75, 3.05) is 5.32 Å². The minimum atomic E-state index is 0.499. The summed E-state index contributed by atoms with van der Waals surface area (Å²) in [5.74, 6) is 0.499. The first-order valence-corrected chi connectivity index (χ1v) is 9.89. The lowest BCUT2D eigenvalue weighted by atomic mass is 10.0. The Kier molecular flexibility index (Phi) is 5.29. The van der Waals surface area contributed by atoms with Crippen LogP contribution in [0.3, 0.4) is 0 Å². The monoisotopic (exact) mass is 366 g/mol. The van der Waals surface area contributed by atoms with E-state index in [1.54, 1.807) is 0 Å². The Morgan fingerprint density at radius 1 is 0.857 bits per heavy atom. The number of benzene rings is 3. The fourth-order valence-electron chi connectivity index (χ4n) is 3.80. The van der Waals surface area contributed by atoms with Crippen LogP contribution in [-0.4, -0.2) is 4.57 Å². The van der Waals surface area contributed by atoms with Crippen LogP contribution in [0.4, 0.5) is 11.4 Å². The fraction of sp³-hybridized carbons (Fsp3) is 0.154. The lowest BCUT2D eigenvalue weighted by molar-refractivity contribution is 0.696. The molecule has 4 rings (SSSR count). The van der Waals surface area contributed by atoms with E-state index in [9.17, 15) is 0 Å². The predicted molar refractivity (Wildman–Crippen MR) is 121 cm³/mol. The molecule has 1 N–H and O–H groups in total. The number of aromatic nitrogens is 1. The van der Waals surface area contributed by atoms with Crippen LogP contribution >= 0.6 is 0 Å². The first-order valence-electron chi connectivity index (χ1n) is 9.89. The SMILES string of the molecule is C/C=C\C(C)Cc1cc2cc(Nc3ccccc3)ccc2n1-c1ccccc1. The number of hydrogen-bond acceptors (Lipinski definition) is 1. The molecule has 1 atom stereocenters. The number of allylic oxidation sites excluding steroid dienone is 2. The Bertz CT molecular complexity index is 1080. The van der Waals surface area contributed by atoms with E-state index in [2.05, 4.69) is 103 Å². The van der Waals surface area contributed by atoms with Crippen LogP contribution in [-0.2, 0) is 6.42 Å². The van der Waals surface area contributed by atoms with E-state index in [-0.39, 0.29) is 0 Å². The predicted octanol–water partition coefficient (Wildman–Crippen LogP) is 7.13. The molecule has 1 unspecified atom stereocenters. The third kappa shape index (κ3) is 3.86. The zero-order chi connectivity index (χ0) is 19.3. The second-order valence-electron chi connectivity index (χ2n) is 7.28. The third-order valence-corrected chi connectivity index (χ3v) is 5.01. The van der Waals surface area contributed by atoms with Gasteiger partial charge < -0.3 is 9.88 Å². The first-order chi connectivity index (χ1) is 13.7. The van der Waals surface area contributed by atoms with Crippen molar-refractivity contribution in [1.29, 1.82) is 0 Å². The Morgan fingerprint density at radius 2 is 1.57 bits per heavy atom. The summed E-state index contributed by atoms with van der Waals surface area (Å²) >= 11 is 0. The highest BCUT2D eigenvalue weighted by atomic mass is 15.0. The van der Waals surface area contributed by atoms with Crippen molar-refractivity contribution in [2.24, 2.45) is 5.92 Å². The van der Waals surface area contributed by atoms with Crippen molar-refractivity contribution in [3.8, 4) is 5.69 Å². The molecule has 0 saturated heterocycles. The number of anilines is 2. The number of nitrogens with one attached hydrogen (secondary N) is 1. The second-order valence-corrected chi connectivity index (χ2v) is 7.28. The summed E-state index contributed by atoms with van der Waals surface area (Å²) in [5.41, 5.74) is 6.00. The van der Waals surface area contributed by atoms with Gasteiger partial charge in [0.1, 0.15) is 0 Å². The van der Waals surface area contributed by atoms with Crippen LogP contribution in [0.1, 0.15) is 19.5 Å². The number of fused-ring (bicyclic) bond motifs is 1. The van der Waals surface area contributed by atoms with E-state index in [0.717, 1.165) is 17.8 Å². The molecule has 0 bridgehead atoms. The van der Waals surface area contributed by atoms with Crippen molar-refractivity contribution >= 4 is 22.3 Å². The van der Waals surface area contributed by atoms with Crippen LogP contribution in [0.25, 0.3) is 16.6 Å². The number of hydrogen-bond donors (Lipinski definition) is 1. The minimum Gasteiger partial charge on any atom is -0.356 e. The summed E-state index contributed by atoms with van der Waals surface area (Å²) in [5, 5.41) is 4.76. The van der Waals surface area contributed by atoms with Gasteiger partial charge in [-0.1, -0.05) is 55.5 Å².